The second kappa shape index (κ2) is 18.6. The van der Waals surface area contributed by atoms with Crippen molar-refractivity contribution in [3.63, 3.8) is 0 Å². The second-order valence-electron chi connectivity index (χ2n) is 13.5. The first-order valence-electron chi connectivity index (χ1n) is 17.2. The van der Waals surface area contributed by atoms with Gasteiger partial charge in [0, 0.05) is 77.2 Å². The molecule has 2 heterocycles. The Hall–Kier alpha value is -3.94. The Bertz CT molecular complexity index is 2160. The van der Waals surface area contributed by atoms with E-state index in [0.717, 1.165) is 34.3 Å². The second-order valence-corrected chi connectivity index (χ2v) is 16.7. The fraction of sp³-hybridized carbons (Fsp3) is 0.300. The molecule has 3 aromatic carbocycles. The van der Waals surface area contributed by atoms with Gasteiger partial charge < -0.3 is 30.0 Å². The van der Waals surface area contributed by atoms with E-state index in [1.54, 1.807) is 12.3 Å². The number of aromatic nitrogens is 2. The van der Waals surface area contributed by atoms with Gasteiger partial charge in [-0.05, 0) is 50.6 Å². The van der Waals surface area contributed by atoms with Gasteiger partial charge in [-0.15, -0.1) is 0 Å². The summed E-state index contributed by atoms with van der Waals surface area (Å²) in [7, 11) is -3.45. The lowest BCUT2D eigenvalue weighted by molar-refractivity contribution is 0.263. The molecule has 0 saturated carbocycles. The standard InChI is InChI=1S/C40H43Cl3N4O6S/c1-40(2,3)46-22-29-20-35(41)39(47-38(29)52-24-26-19-31(23-45-21-26)54(4,49)50)53-25-28-7-5-9-33(36(28)42)34-10-6-8-32(37(34)43)27-11-13-30(14-12-27)51-18-16-44-15-17-48/h5-14,19-21,23,44,46,48H,15-18,22,24-25H2,1-4H3. The predicted molar refractivity (Wildman–Crippen MR) is 215 cm³/mol. The van der Waals surface area contributed by atoms with E-state index >= 15 is 0 Å². The van der Waals surface area contributed by atoms with Crippen LogP contribution in [-0.4, -0.2) is 61.6 Å². The van der Waals surface area contributed by atoms with Crippen molar-refractivity contribution in [2.24, 2.45) is 0 Å². The molecule has 0 aliphatic carbocycles. The van der Waals surface area contributed by atoms with Gasteiger partial charge in [0.15, 0.2) is 9.84 Å². The van der Waals surface area contributed by atoms with E-state index in [0.29, 0.717) is 53.0 Å². The van der Waals surface area contributed by atoms with Crippen LogP contribution in [-0.2, 0) is 29.6 Å². The number of hydrogen-bond donors (Lipinski definition) is 3. The quantitative estimate of drug-likeness (QED) is 0.0791. The minimum absolute atomic E-state index is 0.0163. The van der Waals surface area contributed by atoms with Crippen LogP contribution in [0.25, 0.3) is 22.3 Å². The fourth-order valence-corrected chi connectivity index (χ4v) is 6.75. The van der Waals surface area contributed by atoms with Crippen molar-refractivity contribution in [2.75, 3.05) is 32.6 Å². The zero-order valence-corrected chi connectivity index (χ0v) is 33.5. The number of ether oxygens (including phenoxy) is 3. The van der Waals surface area contributed by atoms with Gasteiger partial charge in [-0.25, -0.2) is 8.42 Å². The number of halogens is 3. The molecule has 0 atom stereocenters. The highest BCUT2D eigenvalue weighted by molar-refractivity contribution is 7.90. The number of nitrogens with zero attached hydrogens (tertiary/aromatic N) is 2. The lowest BCUT2D eigenvalue weighted by Gasteiger charge is -2.22. The lowest BCUT2D eigenvalue weighted by atomic mass is 9.97. The Kier molecular flexibility index (Phi) is 14.2. The normalized spacial score (nSPS) is 11.8. The summed E-state index contributed by atoms with van der Waals surface area (Å²) in [6.45, 7) is 8.31. The molecular formula is C40H43Cl3N4O6S. The van der Waals surface area contributed by atoms with Crippen molar-refractivity contribution < 1.29 is 27.7 Å². The van der Waals surface area contributed by atoms with Crippen molar-refractivity contribution in [1.29, 1.82) is 0 Å². The van der Waals surface area contributed by atoms with Gasteiger partial charge in [0.2, 0.25) is 11.8 Å². The van der Waals surface area contributed by atoms with Crippen LogP contribution in [0.1, 0.15) is 37.5 Å². The zero-order chi connectivity index (χ0) is 38.9. The number of sulfone groups is 1. The highest BCUT2D eigenvalue weighted by Gasteiger charge is 2.19. The molecule has 5 aromatic rings. The number of aliphatic hydroxyl groups is 1. The molecular weight excluding hydrogens is 771 g/mol. The Labute approximate surface area is 331 Å². The molecule has 10 nitrogen and oxygen atoms in total. The SMILES string of the molecule is CC(C)(C)NCc1cc(Cl)c(OCc2cccc(-c3cccc(-c4ccc(OCCNCCO)cc4)c3Cl)c2Cl)nc1OCc1cncc(S(C)(=O)=O)c1. The Morgan fingerprint density at radius 2 is 1.46 bits per heavy atom. The van der Waals surface area contributed by atoms with Crippen molar-refractivity contribution in [3.05, 3.63) is 117 Å². The number of nitrogens with one attached hydrogen (secondary N) is 2. The predicted octanol–water partition coefficient (Wildman–Crippen LogP) is 8.18. The van der Waals surface area contributed by atoms with Gasteiger partial charge in [-0.3, -0.25) is 4.98 Å². The third-order valence-corrected chi connectivity index (χ3v) is 10.3. The number of rotatable bonds is 17. The summed E-state index contributed by atoms with van der Waals surface area (Å²) in [6.07, 6.45) is 3.97. The minimum Gasteiger partial charge on any atom is -0.492 e. The molecule has 3 N–H and O–H groups in total. The summed E-state index contributed by atoms with van der Waals surface area (Å²) in [5.41, 5.74) is 4.99. The Morgan fingerprint density at radius 1 is 0.778 bits per heavy atom. The number of aliphatic hydroxyl groups excluding tert-OH is 1. The average molecular weight is 814 g/mol. The Morgan fingerprint density at radius 3 is 2.17 bits per heavy atom. The van der Waals surface area contributed by atoms with Crippen molar-refractivity contribution in [2.45, 2.75) is 51.0 Å². The van der Waals surface area contributed by atoms with Crippen LogP contribution in [0.3, 0.4) is 0 Å². The number of hydrogen-bond acceptors (Lipinski definition) is 10. The van der Waals surface area contributed by atoms with Gasteiger partial charge in [0.1, 0.15) is 30.6 Å². The molecule has 14 heteroatoms. The van der Waals surface area contributed by atoms with Crippen LogP contribution in [0.15, 0.2) is 90.1 Å². The van der Waals surface area contributed by atoms with Crippen molar-refractivity contribution in [3.8, 4) is 39.8 Å². The summed E-state index contributed by atoms with van der Waals surface area (Å²) in [5, 5.41) is 16.7. The lowest BCUT2D eigenvalue weighted by Crippen LogP contribution is -2.35. The maximum Gasteiger partial charge on any atom is 0.236 e. The van der Waals surface area contributed by atoms with E-state index < -0.39 is 9.84 Å². The smallest absolute Gasteiger partial charge is 0.236 e. The highest BCUT2D eigenvalue weighted by atomic mass is 35.5. The van der Waals surface area contributed by atoms with E-state index in [-0.39, 0.29) is 47.0 Å². The van der Waals surface area contributed by atoms with E-state index in [9.17, 15) is 8.42 Å². The first-order chi connectivity index (χ1) is 25.7. The summed E-state index contributed by atoms with van der Waals surface area (Å²) in [4.78, 5) is 8.79. The van der Waals surface area contributed by atoms with E-state index in [2.05, 4.69) is 20.6 Å². The van der Waals surface area contributed by atoms with Gasteiger partial charge in [-0.2, -0.15) is 4.98 Å². The summed E-state index contributed by atoms with van der Waals surface area (Å²) < 4.78 is 42.2. The van der Waals surface area contributed by atoms with Crippen LogP contribution in [0.5, 0.6) is 17.5 Å². The molecule has 286 valence electrons. The third kappa shape index (κ3) is 11.3. The van der Waals surface area contributed by atoms with Crippen LogP contribution >= 0.6 is 34.8 Å². The van der Waals surface area contributed by atoms with Gasteiger partial charge in [-0.1, -0.05) is 83.3 Å². The molecule has 2 aromatic heterocycles. The molecule has 0 bridgehead atoms. The first-order valence-corrected chi connectivity index (χ1v) is 20.2. The molecule has 54 heavy (non-hydrogen) atoms. The zero-order valence-electron chi connectivity index (χ0n) is 30.5. The van der Waals surface area contributed by atoms with E-state index in [1.807, 2.05) is 81.4 Å². The molecule has 0 radical (unpaired) electrons. The van der Waals surface area contributed by atoms with Crippen LogP contribution in [0.2, 0.25) is 15.1 Å². The summed E-state index contributed by atoms with van der Waals surface area (Å²) >= 11 is 20.7. The first kappa shape index (κ1) is 41.2. The minimum atomic E-state index is -3.45. The summed E-state index contributed by atoms with van der Waals surface area (Å²) in [6, 6.07) is 22.4. The van der Waals surface area contributed by atoms with E-state index in [1.165, 1.54) is 12.3 Å². The van der Waals surface area contributed by atoms with Crippen molar-refractivity contribution in [1.82, 2.24) is 20.6 Å². The molecule has 0 aliphatic rings. The fourth-order valence-electron chi connectivity index (χ4n) is 5.29. The molecule has 0 spiro atoms. The maximum atomic E-state index is 12.1. The van der Waals surface area contributed by atoms with Gasteiger partial charge in [0.05, 0.1) is 21.5 Å². The summed E-state index contributed by atoms with van der Waals surface area (Å²) in [5.74, 6) is 1.15. The molecule has 0 fully saturated rings. The monoisotopic (exact) mass is 812 g/mol. The average Bonchev–Trinajstić information content (AvgIpc) is 3.13. The van der Waals surface area contributed by atoms with Crippen LogP contribution in [0.4, 0.5) is 0 Å². The van der Waals surface area contributed by atoms with Crippen LogP contribution < -0.4 is 24.8 Å². The van der Waals surface area contributed by atoms with Crippen molar-refractivity contribution >= 4 is 44.6 Å². The van der Waals surface area contributed by atoms with Crippen LogP contribution in [0, 0.1) is 0 Å². The molecule has 0 amide bonds. The topological polar surface area (TPSA) is 132 Å². The largest absolute Gasteiger partial charge is 0.492 e. The molecule has 0 aliphatic heterocycles. The maximum absolute atomic E-state index is 12.1. The highest BCUT2D eigenvalue weighted by Crippen LogP contribution is 2.41. The number of benzene rings is 3. The molecule has 5 rings (SSSR count). The third-order valence-electron chi connectivity index (χ3n) is 8.10. The van der Waals surface area contributed by atoms with Gasteiger partial charge in [0.25, 0.3) is 0 Å². The molecule has 0 unspecified atom stereocenters. The van der Waals surface area contributed by atoms with Gasteiger partial charge >= 0.3 is 0 Å². The number of pyridine rings is 2. The Balaban J connectivity index is 1.35. The van der Waals surface area contributed by atoms with E-state index in [4.69, 9.17) is 54.1 Å². The molecule has 0 saturated heterocycles.